The molecule has 0 unspecified atom stereocenters. The van der Waals surface area contributed by atoms with E-state index in [2.05, 4.69) is 45.1 Å². The fourth-order valence-corrected chi connectivity index (χ4v) is 2.10. The number of hydrogen-bond donors (Lipinski definition) is 1. The Hall–Kier alpha value is -1.02. The number of hydrogen-bond acceptors (Lipinski definition) is 2. The monoisotopic (exact) mass is 205 g/mol. The van der Waals surface area contributed by atoms with E-state index in [1.54, 1.807) is 0 Å². The third-order valence-electron chi connectivity index (χ3n) is 2.82. The smallest absolute Gasteiger partial charge is 0.125 e. The van der Waals surface area contributed by atoms with Crippen LogP contribution in [-0.4, -0.2) is 12.1 Å². The fourth-order valence-electron chi connectivity index (χ4n) is 2.10. The Labute approximate surface area is 91.6 Å². The van der Waals surface area contributed by atoms with Crippen molar-refractivity contribution in [3.63, 3.8) is 0 Å². The first kappa shape index (κ1) is 10.5. The molecule has 0 radical (unpaired) electrons. The van der Waals surface area contributed by atoms with Gasteiger partial charge in [0.05, 0.1) is 0 Å². The third kappa shape index (κ3) is 2.15. The zero-order valence-corrected chi connectivity index (χ0v) is 9.98. The highest BCUT2D eigenvalue weighted by atomic mass is 16.5. The molecule has 2 heteroatoms. The van der Waals surface area contributed by atoms with Gasteiger partial charge in [-0.25, -0.2) is 0 Å². The van der Waals surface area contributed by atoms with Gasteiger partial charge in [-0.15, -0.1) is 0 Å². The lowest BCUT2D eigenvalue weighted by Gasteiger charge is -2.24. The summed E-state index contributed by atoms with van der Waals surface area (Å²) in [6, 6.07) is 4.35. The average molecular weight is 205 g/mol. The molecule has 1 aromatic rings. The van der Waals surface area contributed by atoms with Crippen LogP contribution < -0.4 is 10.1 Å². The van der Waals surface area contributed by atoms with Crippen LogP contribution in [0.25, 0.3) is 0 Å². The molecule has 1 N–H and O–H groups in total. The van der Waals surface area contributed by atoms with Crippen molar-refractivity contribution in [2.75, 3.05) is 6.54 Å². The number of fused-ring (bicyclic) bond motifs is 1. The lowest BCUT2D eigenvalue weighted by atomic mass is 10.0. The molecule has 1 heterocycles. The summed E-state index contributed by atoms with van der Waals surface area (Å²) in [5, 5.41) is 3.43. The van der Waals surface area contributed by atoms with Gasteiger partial charge in [-0.3, -0.25) is 0 Å². The van der Waals surface area contributed by atoms with E-state index in [1.165, 1.54) is 16.7 Å². The van der Waals surface area contributed by atoms with Crippen molar-refractivity contribution < 1.29 is 4.74 Å². The minimum atomic E-state index is -0.120. The summed E-state index contributed by atoms with van der Waals surface area (Å²) in [6.07, 6.45) is 0. The first-order valence-electron chi connectivity index (χ1n) is 5.48. The van der Waals surface area contributed by atoms with E-state index in [1.807, 2.05) is 0 Å². The molecule has 0 amide bonds. The standard InChI is InChI=1S/C13H19NO/c1-9-5-10(2)11-7-14-8-13(3,4)15-12(11)6-9/h5-6,14H,7-8H2,1-4H3. The molecule has 0 saturated heterocycles. The maximum absolute atomic E-state index is 6.04. The van der Waals surface area contributed by atoms with Crippen LogP contribution >= 0.6 is 0 Å². The minimum absolute atomic E-state index is 0.120. The zero-order valence-electron chi connectivity index (χ0n) is 9.98. The van der Waals surface area contributed by atoms with Crippen LogP contribution in [0.1, 0.15) is 30.5 Å². The summed E-state index contributed by atoms with van der Waals surface area (Å²) in [7, 11) is 0. The van der Waals surface area contributed by atoms with Crippen LogP contribution in [0.4, 0.5) is 0 Å². The summed E-state index contributed by atoms with van der Waals surface area (Å²) in [5.41, 5.74) is 3.76. The topological polar surface area (TPSA) is 21.3 Å². The number of benzene rings is 1. The molecule has 1 aliphatic rings. The van der Waals surface area contributed by atoms with Gasteiger partial charge in [0.25, 0.3) is 0 Å². The average Bonchev–Trinajstić information content (AvgIpc) is 2.21. The van der Waals surface area contributed by atoms with Crippen molar-refractivity contribution in [3.8, 4) is 5.75 Å². The van der Waals surface area contributed by atoms with Gasteiger partial charge in [-0.1, -0.05) is 6.07 Å². The van der Waals surface area contributed by atoms with Crippen molar-refractivity contribution in [1.82, 2.24) is 5.32 Å². The number of aryl methyl sites for hydroxylation is 2. The predicted octanol–water partition coefficient (Wildman–Crippen LogP) is 2.56. The second-order valence-electron chi connectivity index (χ2n) is 5.02. The molecule has 0 atom stereocenters. The maximum atomic E-state index is 6.04. The molecular weight excluding hydrogens is 186 g/mol. The summed E-state index contributed by atoms with van der Waals surface area (Å²) in [4.78, 5) is 0. The van der Waals surface area contributed by atoms with Gasteiger partial charge in [0.15, 0.2) is 0 Å². The van der Waals surface area contributed by atoms with Crippen molar-refractivity contribution in [3.05, 3.63) is 28.8 Å². The largest absolute Gasteiger partial charge is 0.486 e. The van der Waals surface area contributed by atoms with Crippen LogP contribution in [0.15, 0.2) is 12.1 Å². The third-order valence-corrected chi connectivity index (χ3v) is 2.82. The summed E-state index contributed by atoms with van der Waals surface area (Å²) < 4.78 is 6.04. The Kier molecular flexibility index (Phi) is 2.47. The first-order chi connectivity index (χ1) is 6.98. The SMILES string of the molecule is Cc1cc(C)c2c(c1)OC(C)(C)CNC2. The van der Waals surface area contributed by atoms with E-state index in [-0.39, 0.29) is 5.60 Å². The molecule has 0 aromatic heterocycles. The molecule has 0 bridgehead atoms. The fraction of sp³-hybridized carbons (Fsp3) is 0.538. The Morgan fingerprint density at radius 3 is 2.73 bits per heavy atom. The molecule has 15 heavy (non-hydrogen) atoms. The van der Waals surface area contributed by atoms with Crippen molar-refractivity contribution in [2.45, 2.75) is 39.8 Å². The molecule has 0 saturated carbocycles. The molecule has 2 rings (SSSR count). The number of nitrogens with one attached hydrogen (secondary N) is 1. The normalized spacial score (nSPS) is 18.9. The van der Waals surface area contributed by atoms with E-state index in [9.17, 15) is 0 Å². The Balaban J connectivity index is 2.47. The van der Waals surface area contributed by atoms with Gasteiger partial charge in [0.1, 0.15) is 11.4 Å². The summed E-state index contributed by atoms with van der Waals surface area (Å²) >= 11 is 0. The summed E-state index contributed by atoms with van der Waals surface area (Å²) in [6.45, 7) is 10.3. The second-order valence-corrected chi connectivity index (χ2v) is 5.02. The Bertz CT molecular complexity index is 382. The quantitative estimate of drug-likeness (QED) is 0.703. The molecule has 82 valence electrons. The van der Waals surface area contributed by atoms with Crippen LogP contribution in [0.2, 0.25) is 0 Å². The van der Waals surface area contributed by atoms with E-state index in [0.29, 0.717) is 0 Å². The van der Waals surface area contributed by atoms with E-state index in [0.717, 1.165) is 18.8 Å². The van der Waals surface area contributed by atoms with Crippen LogP contribution in [0, 0.1) is 13.8 Å². The molecule has 1 aromatic carbocycles. The minimum Gasteiger partial charge on any atom is -0.486 e. The lowest BCUT2D eigenvalue weighted by molar-refractivity contribution is 0.115. The van der Waals surface area contributed by atoms with Crippen molar-refractivity contribution in [1.29, 1.82) is 0 Å². The van der Waals surface area contributed by atoms with E-state index in [4.69, 9.17) is 4.74 Å². The summed E-state index contributed by atoms with van der Waals surface area (Å²) in [5.74, 6) is 1.04. The highest BCUT2D eigenvalue weighted by molar-refractivity contribution is 5.43. The van der Waals surface area contributed by atoms with Gasteiger partial charge in [-0.2, -0.15) is 0 Å². The van der Waals surface area contributed by atoms with Crippen LogP contribution in [-0.2, 0) is 6.54 Å². The predicted molar refractivity (Wildman–Crippen MR) is 62.3 cm³/mol. The van der Waals surface area contributed by atoms with Gasteiger partial charge >= 0.3 is 0 Å². The Morgan fingerprint density at radius 1 is 1.27 bits per heavy atom. The van der Waals surface area contributed by atoms with E-state index < -0.39 is 0 Å². The van der Waals surface area contributed by atoms with Gasteiger partial charge < -0.3 is 10.1 Å². The van der Waals surface area contributed by atoms with Crippen LogP contribution in [0.5, 0.6) is 5.75 Å². The highest BCUT2D eigenvalue weighted by Crippen LogP contribution is 2.29. The molecule has 0 aliphatic carbocycles. The molecule has 0 fully saturated rings. The van der Waals surface area contributed by atoms with E-state index >= 15 is 0 Å². The molecule has 0 spiro atoms. The van der Waals surface area contributed by atoms with Gasteiger partial charge in [0, 0.05) is 18.7 Å². The first-order valence-corrected chi connectivity index (χ1v) is 5.48. The number of rotatable bonds is 0. The zero-order chi connectivity index (χ0) is 11.1. The lowest BCUT2D eigenvalue weighted by Crippen LogP contribution is -2.37. The van der Waals surface area contributed by atoms with Crippen molar-refractivity contribution >= 4 is 0 Å². The number of ether oxygens (including phenoxy) is 1. The van der Waals surface area contributed by atoms with Gasteiger partial charge in [-0.05, 0) is 44.9 Å². The van der Waals surface area contributed by atoms with Crippen molar-refractivity contribution in [2.24, 2.45) is 0 Å². The highest BCUT2D eigenvalue weighted by Gasteiger charge is 2.24. The molecular formula is C13H19NO. The van der Waals surface area contributed by atoms with Gasteiger partial charge in [0.2, 0.25) is 0 Å². The molecule has 1 aliphatic heterocycles. The van der Waals surface area contributed by atoms with Crippen LogP contribution in [0.3, 0.4) is 0 Å². The maximum Gasteiger partial charge on any atom is 0.125 e. The second kappa shape index (κ2) is 3.53. The Morgan fingerprint density at radius 2 is 2.00 bits per heavy atom. The molecule has 2 nitrogen and oxygen atoms in total.